The number of amides is 1. The van der Waals surface area contributed by atoms with E-state index in [2.05, 4.69) is 5.32 Å². The maximum absolute atomic E-state index is 11.1. The van der Waals surface area contributed by atoms with E-state index in [0.717, 1.165) is 6.54 Å². The van der Waals surface area contributed by atoms with Crippen molar-refractivity contribution in [3.8, 4) is 12.1 Å². The first-order valence-corrected chi connectivity index (χ1v) is 4.47. The van der Waals surface area contributed by atoms with E-state index in [9.17, 15) is 4.79 Å². The fourth-order valence-electron chi connectivity index (χ4n) is 0.954. The Hall–Kier alpha value is -1.59. The Labute approximate surface area is 83.9 Å². The summed E-state index contributed by atoms with van der Waals surface area (Å²) in [7, 11) is 0. The van der Waals surface area contributed by atoms with Crippen LogP contribution >= 0.6 is 0 Å². The summed E-state index contributed by atoms with van der Waals surface area (Å²) in [4.78, 5) is 13.0. The second-order valence-electron chi connectivity index (χ2n) is 2.71. The molecule has 0 bridgehead atoms. The molecule has 0 fully saturated rings. The maximum Gasteiger partial charge on any atom is 0.235 e. The third-order valence-corrected chi connectivity index (χ3v) is 1.72. The van der Waals surface area contributed by atoms with Gasteiger partial charge in [0.1, 0.15) is 6.54 Å². The van der Waals surface area contributed by atoms with E-state index in [1.165, 1.54) is 0 Å². The number of hydrogen-bond donors (Lipinski definition) is 1. The lowest BCUT2D eigenvalue weighted by atomic mass is 10.4. The second-order valence-corrected chi connectivity index (χ2v) is 2.71. The van der Waals surface area contributed by atoms with Gasteiger partial charge in [-0.15, -0.1) is 0 Å². The van der Waals surface area contributed by atoms with Gasteiger partial charge in [-0.25, -0.2) is 0 Å². The molecule has 0 spiro atoms. The van der Waals surface area contributed by atoms with E-state index in [1.54, 1.807) is 0 Å². The molecular formula is C9H14N4O. The molecule has 0 saturated carbocycles. The molecule has 5 heteroatoms. The number of hydrogen-bond acceptors (Lipinski definition) is 4. The molecule has 0 radical (unpaired) electrons. The Bertz CT molecular complexity index is 251. The van der Waals surface area contributed by atoms with E-state index < -0.39 is 0 Å². The minimum atomic E-state index is -0.175. The summed E-state index contributed by atoms with van der Waals surface area (Å²) in [6.07, 6.45) is 0.416. The Balaban J connectivity index is 3.76. The second kappa shape index (κ2) is 8.03. The highest BCUT2D eigenvalue weighted by atomic mass is 16.2. The molecule has 1 N–H and O–H groups in total. The van der Waals surface area contributed by atoms with Gasteiger partial charge in [0.05, 0.1) is 18.7 Å². The van der Waals surface area contributed by atoms with E-state index >= 15 is 0 Å². The topological polar surface area (TPSA) is 79.9 Å². The number of nitrogens with one attached hydrogen (secondary N) is 1. The Morgan fingerprint density at radius 3 is 2.64 bits per heavy atom. The zero-order valence-electron chi connectivity index (χ0n) is 8.29. The van der Waals surface area contributed by atoms with Gasteiger partial charge in [-0.2, -0.15) is 10.5 Å². The molecule has 0 aromatic rings. The molecule has 1 amide bonds. The smallest absolute Gasteiger partial charge is 0.235 e. The monoisotopic (exact) mass is 194 g/mol. The summed E-state index contributed by atoms with van der Waals surface area (Å²) < 4.78 is 0. The molecule has 0 aliphatic rings. The maximum atomic E-state index is 11.1. The van der Waals surface area contributed by atoms with Crippen LogP contribution in [0.25, 0.3) is 0 Å². The summed E-state index contributed by atoms with van der Waals surface area (Å²) in [6.45, 7) is 3.53. The average molecular weight is 194 g/mol. The van der Waals surface area contributed by atoms with Gasteiger partial charge < -0.3 is 5.32 Å². The Morgan fingerprint density at radius 2 is 2.14 bits per heavy atom. The van der Waals surface area contributed by atoms with Crippen LogP contribution in [0.4, 0.5) is 0 Å². The Kier molecular flexibility index (Phi) is 7.12. The molecule has 0 aromatic carbocycles. The summed E-state index contributed by atoms with van der Waals surface area (Å²) in [5, 5.41) is 19.0. The van der Waals surface area contributed by atoms with Crippen LogP contribution < -0.4 is 5.32 Å². The molecule has 14 heavy (non-hydrogen) atoms. The van der Waals surface area contributed by atoms with Crippen LogP contribution in [0.2, 0.25) is 0 Å². The first-order valence-electron chi connectivity index (χ1n) is 4.47. The van der Waals surface area contributed by atoms with Crippen molar-refractivity contribution in [2.45, 2.75) is 13.3 Å². The first-order chi connectivity index (χ1) is 6.74. The minimum Gasteiger partial charge on any atom is -0.342 e. The minimum absolute atomic E-state index is 0.0363. The molecule has 0 aliphatic carbocycles. The summed E-state index contributed by atoms with van der Waals surface area (Å²) in [5.41, 5.74) is 0. The molecule has 0 aromatic heterocycles. The number of carbonyl (C=O) groups is 1. The van der Waals surface area contributed by atoms with Gasteiger partial charge in [-0.3, -0.25) is 9.69 Å². The van der Waals surface area contributed by atoms with Crippen molar-refractivity contribution in [2.24, 2.45) is 0 Å². The lowest BCUT2D eigenvalue weighted by Crippen LogP contribution is -2.37. The quantitative estimate of drug-likeness (QED) is 0.597. The van der Waals surface area contributed by atoms with Crippen LogP contribution in [0.3, 0.4) is 0 Å². The third-order valence-electron chi connectivity index (χ3n) is 1.72. The van der Waals surface area contributed by atoms with Crippen molar-refractivity contribution in [3.63, 3.8) is 0 Å². The van der Waals surface area contributed by atoms with E-state index in [-0.39, 0.29) is 19.0 Å². The van der Waals surface area contributed by atoms with Gasteiger partial charge >= 0.3 is 0 Å². The molecule has 0 unspecified atom stereocenters. The van der Waals surface area contributed by atoms with Crippen LogP contribution in [-0.2, 0) is 4.79 Å². The molecular weight excluding hydrogens is 180 g/mol. The molecule has 0 aliphatic heterocycles. The van der Waals surface area contributed by atoms with Gasteiger partial charge in [0, 0.05) is 13.0 Å². The van der Waals surface area contributed by atoms with Crippen molar-refractivity contribution in [1.29, 1.82) is 10.5 Å². The third kappa shape index (κ3) is 5.99. The van der Waals surface area contributed by atoms with Crippen molar-refractivity contribution in [2.75, 3.05) is 26.2 Å². The number of likely N-dealkylation sites (N-methyl/N-ethyl adjacent to an activating group) is 1. The molecule has 0 rings (SSSR count). The number of rotatable bonds is 6. The van der Waals surface area contributed by atoms with Crippen molar-refractivity contribution >= 4 is 5.91 Å². The number of carbonyl (C=O) groups excluding carboxylic acids is 1. The van der Waals surface area contributed by atoms with Crippen molar-refractivity contribution in [1.82, 2.24) is 10.2 Å². The number of nitrogens with zero attached hydrogens (tertiary/aromatic N) is 3. The largest absolute Gasteiger partial charge is 0.342 e. The zero-order valence-corrected chi connectivity index (χ0v) is 8.29. The molecule has 76 valence electrons. The van der Waals surface area contributed by atoms with Gasteiger partial charge in [0.15, 0.2) is 0 Å². The van der Waals surface area contributed by atoms with Crippen LogP contribution in [0, 0.1) is 22.7 Å². The predicted molar refractivity (Wildman–Crippen MR) is 51.0 cm³/mol. The molecule has 0 atom stereocenters. The lowest BCUT2D eigenvalue weighted by Gasteiger charge is -2.17. The highest BCUT2D eigenvalue weighted by Gasteiger charge is 2.07. The fraction of sp³-hybridized carbons (Fsp3) is 0.667. The highest BCUT2D eigenvalue weighted by Crippen LogP contribution is 1.89. The molecule has 5 nitrogen and oxygen atoms in total. The van der Waals surface area contributed by atoms with Crippen LogP contribution in [0.1, 0.15) is 13.3 Å². The highest BCUT2D eigenvalue weighted by molar-refractivity contribution is 5.78. The Morgan fingerprint density at radius 1 is 1.43 bits per heavy atom. The predicted octanol–water partition coefficient (Wildman–Crippen LogP) is -0.138. The summed E-state index contributed by atoms with van der Waals surface area (Å²) in [6, 6.07) is 3.85. The first kappa shape index (κ1) is 12.4. The van der Waals surface area contributed by atoms with Gasteiger partial charge in [0.25, 0.3) is 0 Å². The van der Waals surface area contributed by atoms with Crippen LogP contribution in [0.15, 0.2) is 0 Å². The van der Waals surface area contributed by atoms with E-state index in [1.807, 2.05) is 24.0 Å². The van der Waals surface area contributed by atoms with E-state index in [0.29, 0.717) is 13.0 Å². The van der Waals surface area contributed by atoms with Crippen LogP contribution in [-0.4, -0.2) is 37.0 Å². The average Bonchev–Trinajstić information content (AvgIpc) is 2.21. The SMILES string of the molecule is CCN(CCC#N)CC(=O)NCC#N. The van der Waals surface area contributed by atoms with E-state index in [4.69, 9.17) is 10.5 Å². The van der Waals surface area contributed by atoms with Crippen LogP contribution in [0.5, 0.6) is 0 Å². The fourth-order valence-corrected chi connectivity index (χ4v) is 0.954. The van der Waals surface area contributed by atoms with Gasteiger partial charge in [-0.1, -0.05) is 6.92 Å². The number of nitriles is 2. The lowest BCUT2D eigenvalue weighted by molar-refractivity contribution is -0.121. The van der Waals surface area contributed by atoms with Gasteiger partial charge in [-0.05, 0) is 6.54 Å². The summed E-state index contributed by atoms with van der Waals surface area (Å²) in [5.74, 6) is -0.175. The molecule has 0 saturated heterocycles. The normalized spacial score (nSPS) is 9.14. The standard InChI is InChI=1S/C9H14N4O/c1-2-13(7-3-4-10)8-9(14)12-6-5-11/h2-3,6-8H2,1H3,(H,12,14). The molecule has 0 heterocycles. The van der Waals surface area contributed by atoms with Crippen molar-refractivity contribution in [3.05, 3.63) is 0 Å². The zero-order chi connectivity index (χ0) is 10.8. The van der Waals surface area contributed by atoms with Gasteiger partial charge in [0.2, 0.25) is 5.91 Å². The summed E-state index contributed by atoms with van der Waals surface area (Å²) >= 11 is 0. The van der Waals surface area contributed by atoms with Crippen molar-refractivity contribution < 1.29 is 4.79 Å².